The minimum atomic E-state index is -3.90. The number of nitrogens with one attached hydrogen (secondary N) is 1. The SMILES string of the molecule is Cc1cc2oc3c(c2cc1NS(=O)(=O)c1cccc2cccnc12)C(=O)CC(C)(C)C3. The highest BCUT2D eigenvalue weighted by Crippen LogP contribution is 2.41. The van der Waals surface area contributed by atoms with E-state index in [1.54, 1.807) is 30.5 Å². The zero-order chi connectivity index (χ0) is 22.0. The van der Waals surface area contributed by atoms with Crippen molar-refractivity contribution in [1.82, 2.24) is 4.98 Å². The third-order valence-corrected chi connectivity index (χ3v) is 7.19. The molecule has 7 heteroatoms. The Morgan fingerprint density at radius 2 is 1.87 bits per heavy atom. The molecule has 0 radical (unpaired) electrons. The number of sulfonamides is 1. The van der Waals surface area contributed by atoms with E-state index in [1.165, 1.54) is 6.07 Å². The molecular formula is C24H22N2O4S. The molecule has 4 aromatic rings. The zero-order valence-electron chi connectivity index (χ0n) is 17.5. The molecule has 0 saturated carbocycles. The molecule has 2 aromatic heterocycles. The predicted molar refractivity (Wildman–Crippen MR) is 120 cm³/mol. The number of nitrogens with zero attached hydrogens (tertiary/aromatic N) is 1. The van der Waals surface area contributed by atoms with E-state index in [4.69, 9.17) is 4.42 Å². The van der Waals surface area contributed by atoms with Gasteiger partial charge in [-0.1, -0.05) is 32.0 Å². The van der Waals surface area contributed by atoms with Gasteiger partial charge >= 0.3 is 0 Å². The Kier molecular flexibility index (Phi) is 4.24. The van der Waals surface area contributed by atoms with Crippen LogP contribution in [0.15, 0.2) is 58.0 Å². The number of aromatic nitrogens is 1. The van der Waals surface area contributed by atoms with Gasteiger partial charge < -0.3 is 4.42 Å². The molecule has 6 nitrogen and oxygen atoms in total. The van der Waals surface area contributed by atoms with Crippen molar-refractivity contribution in [2.24, 2.45) is 5.41 Å². The lowest BCUT2D eigenvalue weighted by molar-refractivity contribution is 0.0906. The van der Waals surface area contributed by atoms with Crippen LogP contribution in [0.25, 0.3) is 21.9 Å². The van der Waals surface area contributed by atoms with Crippen LogP contribution in [0.4, 0.5) is 5.69 Å². The summed E-state index contributed by atoms with van der Waals surface area (Å²) in [5.41, 5.74) is 2.56. The molecule has 0 spiro atoms. The van der Waals surface area contributed by atoms with Gasteiger partial charge in [-0.2, -0.15) is 0 Å². The van der Waals surface area contributed by atoms with Gasteiger partial charge in [0.25, 0.3) is 10.0 Å². The molecule has 0 unspecified atom stereocenters. The third kappa shape index (κ3) is 3.29. The Hall–Kier alpha value is -3.19. The molecular weight excluding hydrogens is 412 g/mol. The highest BCUT2D eigenvalue weighted by atomic mass is 32.2. The first-order valence-electron chi connectivity index (χ1n) is 10.1. The monoisotopic (exact) mass is 434 g/mol. The number of hydrogen-bond acceptors (Lipinski definition) is 5. The molecule has 5 rings (SSSR count). The number of fused-ring (bicyclic) bond motifs is 4. The highest BCUT2D eigenvalue weighted by Gasteiger charge is 2.35. The van der Waals surface area contributed by atoms with E-state index in [1.807, 2.05) is 32.9 Å². The number of furan rings is 1. The number of anilines is 1. The molecule has 0 atom stereocenters. The second-order valence-corrected chi connectivity index (χ2v) is 10.6. The van der Waals surface area contributed by atoms with E-state index in [-0.39, 0.29) is 16.1 Å². The van der Waals surface area contributed by atoms with Crippen LogP contribution in [0.2, 0.25) is 0 Å². The molecule has 2 aromatic carbocycles. The number of rotatable bonds is 3. The van der Waals surface area contributed by atoms with E-state index in [0.717, 1.165) is 5.39 Å². The molecule has 0 saturated heterocycles. The average Bonchev–Trinajstić information content (AvgIpc) is 3.03. The summed E-state index contributed by atoms with van der Waals surface area (Å²) in [6, 6.07) is 12.1. The lowest BCUT2D eigenvalue weighted by Crippen LogP contribution is -2.25. The zero-order valence-corrected chi connectivity index (χ0v) is 18.3. The van der Waals surface area contributed by atoms with Crippen molar-refractivity contribution in [1.29, 1.82) is 0 Å². The average molecular weight is 435 g/mol. The quantitative estimate of drug-likeness (QED) is 0.476. The number of carbonyl (C=O) groups is 1. The van der Waals surface area contributed by atoms with Crippen molar-refractivity contribution in [3.63, 3.8) is 0 Å². The maximum absolute atomic E-state index is 13.2. The molecule has 1 aliphatic rings. The van der Waals surface area contributed by atoms with Gasteiger partial charge in [-0.05, 0) is 42.2 Å². The molecule has 1 N–H and O–H groups in total. The number of para-hydroxylation sites is 1. The Balaban J connectivity index is 1.62. The number of ketones is 1. The second-order valence-electron chi connectivity index (χ2n) is 8.94. The first-order chi connectivity index (χ1) is 14.6. The largest absolute Gasteiger partial charge is 0.460 e. The lowest BCUT2D eigenvalue weighted by atomic mass is 9.76. The number of pyridine rings is 1. The summed E-state index contributed by atoms with van der Waals surface area (Å²) >= 11 is 0. The van der Waals surface area contributed by atoms with Crippen LogP contribution >= 0.6 is 0 Å². The molecule has 158 valence electrons. The van der Waals surface area contributed by atoms with E-state index < -0.39 is 10.0 Å². The third-order valence-electron chi connectivity index (χ3n) is 5.79. The van der Waals surface area contributed by atoms with E-state index in [9.17, 15) is 13.2 Å². The first kappa shape index (κ1) is 19.8. The summed E-state index contributed by atoms with van der Waals surface area (Å²) in [6.07, 6.45) is 2.68. The van der Waals surface area contributed by atoms with Crippen LogP contribution in [0.3, 0.4) is 0 Å². The number of benzene rings is 2. The predicted octanol–water partition coefficient (Wildman–Crippen LogP) is 5.25. The fraction of sp³-hybridized carbons (Fsp3) is 0.250. The van der Waals surface area contributed by atoms with Gasteiger partial charge in [0, 0.05) is 29.8 Å². The summed E-state index contributed by atoms with van der Waals surface area (Å²) in [4.78, 5) is 17.2. The Morgan fingerprint density at radius 1 is 1.10 bits per heavy atom. The first-order valence-corrected chi connectivity index (χ1v) is 11.6. The number of Topliss-reactive ketones (excluding diaryl/α,β-unsaturated/α-hetero) is 1. The van der Waals surface area contributed by atoms with E-state index in [0.29, 0.717) is 51.9 Å². The molecule has 0 amide bonds. The molecule has 0 bridgehead atoms. The smallest absolute Gasteiger partial charge is 0.264 e. The van der Waals surface area contributed by atoms with Gasteiger partial charge in [-0.25, -0.2) is 8.42 Å². The van der Waals surface area contributed by atoms with Crippen molar-refractivity contribution in [3.8, 4) is 0 Å². The van der Waals surface area contributed by atoms with Crippen molar-refractivity contribution < 1.29 is 17.6 Å². The van der Waals surface area contributed by atoms with Gasteiger partial charge in [0.1, 0.15) is 16.2 Å². The number of aryl methyl sites for hydroxylation is 1. The van der Waals surface area contributed by atoms with Crippen LogP contribution in [-0.2, 0) is 16.4 Å². The molecule has 0 fully saturated rings. The van der Waals surface area contributed by atoms with Gasteiger partial charge in [-0.3, -0.25) is 14.5 Å². The Labute approximate surface area is 180 Å². The van der Waals surface area contributed by atoms with Crippen LogP contribution in [-0.4, -0.2) is 19.2 Å². The molecule has 0 aliphatic heterocycles. The van der Waals surface area contributed by atoms with Crippen LogP contribution in [0.1, 0.15) is 41.9 Å². The summed E-state index contributed by atoms with van der Waals surface area (Å²) in [5.74, 6) is 0.704. The van der Waals surface area contributed by atoms with E-state index in [2.05, 4.69) is 9.71 Å². The maximum Gasteiger partial charge on any atom is 0.264 e. The topological polar surface area (TPSA) is 89.3 Å². The molecule has 2 heterocycles. The fourth-order valence-corrected chi connectivity index (χ4v) is 5.65. The summed E-state index contributed by atoms with van der Waals surface area (Å²) in [7, 11) is -3.90. The van der Waals surface area contributed by atoms with Gasteiger partial charge in [0.15, 0.2) is 5.78 Å². The Bertz CT molecular complexity index is 1480. The standard InChI is InChI=1S/C24H22N2O4S/c1-14-10-19-16(22-18(27)12-24(2,3)13-20(22)30-19)11-17(14)26-31(28,29)21-8-4-6-15-7-5-9-25-23(15)21/h4-11,26H,12-13H2,1-3H3. The van der Waals surface area contributed by atoms with Crippen LogP contribution in [0, 0.1) is 12.3 Å². The number of hydrogen-bond donors (Lipinski definition) is 1. The summed E-state index contributed by atoms with van der Waals surface area (Å²) in [5, 5.41) is 1.39. The normalized spacial score (nSPS) is 15.9. The molecule has 31 heavy (non-hydrogen) atoms. The minimum absolute atomic E-state index is 0.0286. The van der Waals surface area contributed by atoms with Crippen LogP contribution in [0.5, 0.6) is 0 Å². The Morgan fingerprint density at radius 3 is 2.68 bits per heavy atom. The van der Waals surface area contributed by atoms with E-state index >= 15 is 0 Å². The highest BCUT2D eigenvalue weighted by molar-refractivity contribution is 7.93. The van der Waals surface area contributed by atoms with Crippen LogP contribution < -0.4 is 4.72 Å². The van der Waals surface area contributed by atoms with Crippen molar-refractivity contribution in [2.75, 3.05) is 4.72 Å². The fourth-order valence-electron chi connectivity index (χ4n) is 4.35. The van der Waals surface area contributed by atoms with Crippen molar-refractivity contribution in [2.45, 2.75) is 38.5 Å². The van der Waals surface area contributed by atoms with Gasteiger partial charge in [0.2, 0.25) is 0 Å². The van der Waals surface area contributed by atoms with Crippen molar-refractivity contribution in [3.05, 3.63) is 65.5 Å². The number of carbonyl (C=O) groups excluding carboxylic acids is 1. The summed E-state index contributed by atoms with van der Waals surface area (Å²) < 4.78 is 35.2. The molecule has 1 aliphatic carbocycles. The van der Waals surface area contributed by atoms with Gasteiger partial charge in [-0.15, -0.1) is 0 Å². The van der Waals surface area contributed by atoms with Gasteiger partial charge in [0.05, 0.1) is 16.8 Å². The summed E-state index contributed by atoms with van der Waals surface area (Å²) in [6.45, 7) is 5.90. The minimum Gasteiger partial charge on any atom is -0.460 e. The lowest BCUT2D eigenvalue weighted by Gasteiger charge is -2.27. The maximum atomic E-state index is 13.2. The second kappa shape index (κ2) is 6.65. The van der Waals surface area contributed by atoms with Crippen molar-refractivity contribution >= 4 is 43.4 Å².